The van der Waals surface area contributed by atoms with E-state index in [1.807, 2.05) is 36.4 Å². The maximum atomic E-state index is 13.5. The summed E-state index contributed by atoms with van der Waals surface area (Å²) in [7, 11) is 0. The molecule has 1 saturated carbocycles. The van der Waals surface area contributed by atoms with E-state index in [1.54, 1.807) is 17.0 Å². The molecule has 1 aliphatic carbocycles. The molecule has 0 bridgehead atoms. The lowest BCUT2D eigenvalue weighted by Gasteiger charge is -2.30. The molecule has 1 aromatic heterocycles. The van der Waals surface area contributed by atoms with Crippen LogP contribution in [0.4, 0.5) is 5.69 Å². The van der Waals surface area contributed by atoms with Crippen molar-refractivity contribution in [3.8, 4) is 0 Å². The van der Waals surface area contributed by atoms with Gasteiger partial charge in [0.25, 0.3) is 5.91 Å². The molecule has 5 rings (SSSR count). The number of amides is 2. The van der Waals surface area contributed by atoms with Gasteiger partial charge in [0.1, 0.15) is 0 Å². The fraction of sp³-hybridized carbons (Fsp3) is 0.308. The number of furan rings is 1. The molecule has 164 valence electrons. The van der Waals surface area contributed by atoms with Crippen molar-refractivity contribution < 1.29 is 14.0 Å². The summed E-state index contributed by atoms with van der Waals surface area (Å²) in [5, 5.41) is 3.84. The number of hydrogen-bond acceptors (Lipinski definition) is 3. The minimum atomic E-state index is -0.526. The molecule has 3 aromatic rings. The van der Waals surface area contributed by atoms with Gasteiger partial charge < -0.3 is 14.6 Å². The summed E-state index contributed by atoms with van der Waals surface area (Å²) < 4.78 is 5.27. The minimum absolute atomic E-state index is 0.0246. The van der Waals surface area contributed by atoms with Gasteiger partial charge in [-0.25, -0.2) is 0 Å². The number of benzene rings is 2. The van der Waals surface area contributed by atoms with Gasteiger partial charge in [-0.3, -0.25) is 9.59 Å². The van der Waals surface area contributed by atoms with Crippen molar-refractivity contribution in [3.63, 3.8) is 0 Å². The zero-order valence-electron chi connectivity index (χ0n) is 17.8. The van der Waals surface area contributed by atoms with Crippen LogP contribution in [-0.4, -0.2) is 23.3 Å². The number of fused-ring (bicyclic) bond motifs is 1. The van der Waals surface area contributed by atoms with E-state index in [0.717, 1.165) is 48.9 Å². The quantitative estimate of drug-likeness (QED) is 0.566. The number of hydrogen-bond donors (Lipinski definition) is 1. The number of rotatable bonds is 4. The van der Waals surface area contributed by atoms with Crippen LogP contribution in [0.3, 0.4) is 0 Å². The third-order valence-electron chi connectivity index (χ3n) is 6.78. The van der Waals surface area contributed by atoms with Crippen LogP contribution in [0.1, 0.15) is 52.9 Å². The van der Waals surface area contributed by atoms with Crippen molar-refractivity contribution in [1.82, 2.24) is 4.90 Å². The van der Waals surface area contributed by atoms with Gasteiger partial charge >= 0.3 is 0 Å². The Balaban J connectivity index is 1.36. The highest BCUT2D eigenvalue weighted by Crippen LogP contribution is 2.42. The third kappa shape index (κ3) is 3.82. The van der Waals surface area contributed by atoms with Crippen molar-refractivity contribution in [3.05, 3.63) is 88.3 Å². The maximum Gasteiger partial charge on any atom is 0.289 e. The van der Waals surface area contributed by atoms with Gasteiger partial charge in [-0.15, -0.1) is 0 Å². The summed E-state index contributed by atoms with van der Waals surface area (Å²) in [5.74, 6) is 0.267. The standard InChI is InChI=1S/C26H25ClN2O3/c27-21-8-6-20(7-9-21)26(12-1-2-13-26)25(31)28-22-10-5-18-11-14-29(17-19(18)16-22)24(30)23-4-3-15-32-23/h3-10,15-16H,1-2,11-14,17H2,(H,28,31). The maximum absolute atomic E-state index is 13.5. The first-order valence-corrected chi connectivity index (χ1v) is 11.5. The molecule has 1 N–H and O–H groups in total. The second kappa shape index (κ2) is 8.47. The van der Waals surface area contributed by atoms with E-state index in [-0.39, 0.29) is 11.8 Å². The van der Waals surface area contributed by atoms with Gasteiger partial charge in [0.15, 0.2) is 5.76 Å². The van der Waals surface area contributed by atoms with E-state index >= 15 is 0 Å². The molecular weight excluding hydrogens is 424 g/mol. The highest BCUT2D eigenvalue weighted by atomic mass is 35.5. The van der Waals surface area contributed by atoms with Crippen LogP contribution in [0, 0.1) is 0 Å². The van der Waals surface area contributed by atoms with Gasteiger partial charge in [0, 0.05) is 23.8 Å². The van der Waals surface area contributed by atoms with E-state index in [2.05, 4.69) is 11.4 Å². The SMILES string of the molecule is O=C(c1ccco1)N1CCc2ccc(NC(=O)C3(c4ccc(Cl)cc4)CCCC3)cc2C1. The Morgan fingerprint density at radius 1 is 1.00 bits per heavy atom. The van der Waals surface area contributed by atoms with Gasteiger partial charge in [0.05, 0.1) is 11.7 Å². The van der Waals surface area contributed by atoms with E-state index in [9.17, 15) is 9.59 Å². The Labute approximate surface area is 192 Å². The number of nitrogens with one attached hydrogen (secondary N) is 1. The molecule has 5 nitrogen and oxygen atoms in total. The van der Waals surface area contributed by atoms with Crippen LogP contribution >= 0.6 is 11.6 Å². The molecule has 2 amide bonds. The first-order valence-electron chi connectivity index (χ1n) is 11.1. The first kappa shape index (κ1) is 20.8. The molecule has 0 atom stereocenters. The Bertz CT molecular complexity index is 1130. The summed E-state index contributed by atoms with van der Waals surface area (Å²) in [4.78, 5) is 28.0. The average Bonchev–Trinajstić information content (AvgIpc) is 3.52. The molecule has 6 heteroatoms. The lowest BCUT2D eigenvalue weighted by Crippen LogP contribution is -2.38. The average molecular weight is 449 g/mol. The van der Waals surface area contributed by atoms with E-state index in [4.69, 9.17) is 16.0 Å². The molecule has 2 aromatic carbocycles. The second-order valence-corrected chi connectivity index (χ2v) is 9.12. The normalized spacial score (nSPS) is 17.1. The molecule has 2 aliphatic rings. The van der Waals surface area contributed by atoms with Gasteiger partial charge in [-0.2, -0.15) is 0 Å². The summed E-state index contributed by atoms with van der Waals surface area (Å²) in [6.07, 6.45) is 6.02. The zero-order valence-corrected chi connectivity index (χ0v) is 18.5. The molecular formula is C26H25ClN2O3. The predicted molar refractivity (Wildman–Crippen MR) is 124 cm³/mol. The third-order valence-corrected chi connectivity index (χ3v) is 7.04. The summed E-state index contributed by atoms with van der Waals surface area (Å²) in [6.45, 7) is 1.15. The van der Waals surface area contributed by atoms with E-state index in [0.29, 0.717) is 23.9 Å². The largest absolute Gasteiger partial charge is 0.459 e. The fourth-order valence-corrected chi connectivity index (χ4v) is 5.14. The second-order valence-electron chi connectivity index (χ2n) is 8.69. The van der Waals surface area contributed by atoms with E-state index < -0.39 is 5.41 Å². The molecule has 0 spiro atoms. The van der Waals surface area contributed by atoms with E-state index in [1.165, 1.54) is 11.8 Å². The monoisotopic (exact) mass is 448 g/mol. The Morgan fingerprint density at radius 2 is 1.78 bits per heavy atom. The number of carbonyl (C=O) groups is 2. The fourth-order valence-electron chi connectivity index (χ4n) is 5.01. The van der Waals surface area contributed by atoms with Crippen molar-refractivity contribution in [2.75, 3.05) is 11.9 Å². The lowest BCUT2D eigenvalue weighted by atomic mass is 9.78. The number of halogens is 1. The van der Waals surface area contributed by atoms with Gasteiger partial charge in [-0.1, -0.05) is 42.6 Å². The van der Waals surface area contributed by atoms with Crippen LogP contribution in [0.2, 0.25) is 5.02 Å². The molecule has 1 fully saturated rings. The van der Waals surface area contributed by atoms with Crippen molar-refractivity contribution in [2.24, 2.45) is 0 Å². The van der Waals surface area contributed by atoms with Crippen molar-refractivity contribution in [2.45, 2.75) is 44.1 Å². The molecule has 2 heterocycles. The first-order chi connectivity index (χ1) is 15.5. The molecule has 0 saturated heterocycles. The molecule has 0 radical (unpaired) electrons. The molecule has 32 heavy (non-hydrogen) atoms. The van der Waals surface area contributed by atoms with Crippen LogP contribution in [0.25, 0.3) is 0 Å². The van der Waals surface area contributed by atoms with Crippen molar-refractivity contribution in [1.29, 1.82) is 0 Å². The highest BCUT2D eigenvalue weighted by molar-refractivity contribution is 6.30. The van der Waals surface area contributed by atoms with Crippen LogP contribution in [-0.2, 0) is 23.2 Å². The molecule has 0 unspecified atom stereocenters. The smallest absolute Gasteiger partial charge is 0.289 e. The summed E-state index contributed by atoms with van der Waals surface area (Å²) >= 11 is 6.07. The Morgan fingerprint density at radius 3 is 2.50 bits per heavy atom. The minimum Gasteiger partial charge on any atom is -0.459 e. The summed E-state index contributed by atoms with van der Waals surface area (Å²) in [6, 6.07) is 17.1. The summed E-state index contributed by atoms with van der Waals surface area (Å²) in [5.41, 5.74) is 3.52. The van der Waals surface area contributed by atoms with Crippen LogP contribution in [0.15, 0.2) is 65.3 Å². The predicted octanol–water partition coefficient (Wildman–Crippen LogP) is 5.58. The topological polar surface area (TPSA) is 62.6 Å². The highest BCUT2D eigenvalue weighted by Gasteiger charge is 2.42. The lowest BCUT2D eigenvalue weighted by molar-refractivity contribution is -0.121. The Kier molecular flexibility index (Phi) is 5.51. The van der Waals surface area contributed by atoms with Gasteiger partial charge in [0.2, 0.25) is 5.91 Å². The number of nitrogens with zero attached hydrogens (tertiary/aromatic N) is 1. The number of carbonyl (C=O) groups excluding carboxylic acids is 2. The molecule has 1 aliphatic heterocycles. The van der Waals surface area contributed by atoms with Crippen molar-refractivity contribution >= 4 is 29.1 Å². The number of anilines is 1. The van der Waals surface area contributed by atoms with Crippen LogP contribution < -0.4 is 5.32 Å². The zero-order chi connectivity index (χ0) is 22.1. The Hall–Kier alpha value is -3.05. The van der Waals surface area contributed by atoms with Crippen LogP contribution in [0.5, 0.6) is 0 Å². The van der Waals surface area contributed by atoms with Gasteiger partial charge in [-0.05, 0) is 72.4 Å².